The van der Waals surface area contributed by atoms with E-state index in [1.54, 1.807) is 29.5 Å². The predicted octanol–water partition coefficient (Wildman–Crippen LogP) is 4.28. The maximum atomic E-state index is 12.1. The van der Waals surface area contributed by atoms with Gasteiger partial charge in [-0.2, -0.15) is 0 Å². The molecule has 0 fully saturated rings. The van der Waals surface area contributed by atoms with Gasteiger partial charge in [-0.15, -0.1) is 11.3 Å². The van der Waals surface area contributed by atoms with Gasteiger partial charge in [-0.25, -0.2) is 0 Å². The number of nitrogens with two attached hydrogens (primary N) is 1. The van der Waals surface area contributed by atoms with Crippen LogP contribution in [0.5, 0.6) is 0 Å². The van der Waals surface area contributed by atoms with Crippen molar-refractivity contribution < 1.29 is 4.79 Å². The minimum Gasteiger partial charge on any atom is -0.398 e. The number of Topliss-reactive ketones (excluding diaryl/α,β-unsaturated/α-hetero) is 1. The van der Waals surface area contributed by atoms with Crippen LogP contribution in [0.15, 0.2) is 38.6 Å². The van der Waals surface area contributed by atoms with Crippen molar-refractivity contribution in [3.05, 3.63) is 49.0 Å². The third-order valence-electron chi connectivity index (χ3n) is 2.33. The van der Waals surface area contributed by atoms with Gasteiger partial charge in [0.25, 0.3) is 0 Å². The molecule has 0 saturated carbocycles. The molecule has 2 rings (SSSR count). The summed E-state index contributed by atoms with van der Waals surface area (Å²) in [6.07, 6.45) is 0.411. The van der Waals surface area contributed by atoms with Crippen LogP contribution in [0, 0.1) is 0 Å². The highest BCUT2D eigenvalue weighted by Gasteiger charge is 2.11. The van der Waals surface area contributed by atoms with Gasteiger partial charge in [0.2, 0.25) is 0 Å². The molecule has 0 aliphatic carbocycles. The van der Waals surface area contributed by atoms with E-state index in [9.17, 15) is 4.79 Å². The molecule has 17 heavy (non-hydrogen) atoms. The van der Waals surface area contributed by atoms with Crippen LogP contribution in [0.25, 0.3) is 0 Å². The van der Waals surface area contributed by atoms with Gasteiger partial charge >= 0.3 is 0 Å². The van der Waals surface area contributed by atoms with Crippen LogP contribution in [0.1, 0.15) is 15.2 Å². The van der Waals surface area contributed by atoms with Crippen LogP contribution in [0.4, 0.5) is 5.69 Å². The number of hydrogen-bond donors (Lipinski definition) is 1. The maximum Gasteiger partial charge on any atom is 0.168 e. The van der Waals surface area contributed by atoms with Crippen molar-refractivity contribution >= 4 is 54.7 Å². The van der Waals surface area contributed by atoms with Gasteiger partial charge in [-0.05, 0) is 61.5 Å². The smallest absolute Gasteiger partial charge is 0.168 e. The standard InChI is InChI=1S/C12H9Br2NOS/c13-8-3-4-17-12(8)6-11(16)7-1-2-10(15)9(14)5-7/h1-5H,6,15H2. The summed E-state index contributed by atoms with van der Waals surface area (Å²) >= 11 is 8.32. The molecule has 1 aromatic heterocycles. The zero-order valence-corrected chi connectivity index (χ0v) is 12.7. The van der Waals surface area contributed by atoms with Crippen molar-refractivity contribution in [2.45, 2.75) is 6.42 Å². The molecule has 0 spiro atoms. The summed E-state index contributed by atoms with van der Waals surface area (Å²) in [5, 5.41) is 1.96. The number of nitrogen functional groups attached to an aromatic ring is 1. The summed E-state index contributed by atoms with van der Waals surface area (Å²) in [4.78, 5) is 13.1. The summed E-state index contributed by atoms with van der Waals surface area (Å²) in [5.41, 5.74) is 7.00. The average molecular weight is 375 g/mol. The van der Waals surface area contributed by atoms with Gasteiger partial charge in [0.1, 0.15) is 0 Å². The number of carbonyl (C=O) groups excluding carboxylic acids is 1. The fourth-order valence-corrected chi connectivity index (χ4v) is 3.27. The lowest BCUT2D eigenvalue weighted by Gasteiger charge is -2.03. The molecule has 1 heterocycles. The Morgan fingerprint density at radius 1 is 1.24 bits per heavy atom. The number of halogens is 2. The molecule has 0 atom stereocenters. The van der Waals surface area contributed by atoms with E-state index >= 15 is 0 Å². The fraction of sp³-hybridized carbons (Fsp3) is 0.0833. The molecule has 0 unspecified atom stereocenters. The third kappa shape index (κ3) is 2.97. The van der Waals surface area contributed by atoms with E-state index < -0.39 is 0 Å². The van der Waals surface area contributed by atoms with Crippen molar-refractivity contribution in [2.24, 2.45) is 0 Å². The van der Waals surface area contributed by atoms with Crippen molar-refractivity contribution in [1.29, 1.82) is 0 Å². The van der Waals surface area contributed by atoms with Gasteiger partial charge in [0, 0.05) is 31.5 Å². The Kier molecular flexibility index (Phi) is 4.01. The van der Waals surface area contributed by atoms with Crippen molar-refractivity contribution in [3.63, 3.8) is 0 Å². The van der Waals surface area contributed by atoms with Gasteiger partial charge in [-0.3, -0.25) is 4.79 Å². The summed E-state index contributed by atoms with van der Waals surface area (Å²) in [6.45, 7) is 0. The summed E-state index contributed by atoms with van der Waals surface area (Å²) in [6, 6.07) is 7.20. The van der Waals surface area contributed by atoms with Gasteiger partial charge in [-0.1, -0.05) is 0 Å². The van der Waals surface area contributed by atoms with Gasteiger partial charge in [0.05, 0.1) is 0 Å². The Hall–Kier alpha value is -0.650. The Labute approximate surface area is 120 Å². The molecule has 0 amide bonds. The maximum absolute atomic E-state index is 12.1. The first kappa shape index (κ1) is 12.8. The minimum absolute atomic E-state index is 0.0915. The fourth-order valence-electron chi connectivity index (χ4n) is 1.40. The number of benzene rings is 1. The summed E-state index contributed by atoms with van der Waals surface area (Å²) in [7, 11) is 0. The van der Waals surface area contributed by atoms with Gasteiger partial charge in [0.15, 0.2) is 5.78 Å². The van der Waals surface area contributed by atoms with Gasteiger partial charge < -0.3 is 5.73 Å². The molecule has 2 N–H and O–H groups in total. The lowest BCUT2D eigenvalue weighted by Crippen LogP contribution is -2.03. The third-order valence-corrected chi connectivity index (χ3v) is 4.95. The Balaban J connectivity index is 2.20. The quantitative estimate of drug-likeness (QED) is 0.643. The zero-order valence-electron chi connectivity index (χ0n) is 8.74. The monoisotopic (exact) mass is 373 g/mol. The first-order valence-electron chi connectivity index (χ1n) is 4.88. The Bertz CT molecular complexity index is 565. The normalized spacial score (nSPS) is 10.5. The second-order valence-electron chi connectivity index (χ2n) is 3.53. The molecule has 2 aromatic rings. The van der Waals surface area contributed by atoms with Crippen LogP contribution >= 0.6 is 43.2 Å². The largest absolute Gasteiger partial charge is 0.398 e. The lowest BCUT2D eigenvalue weighted by molar-refractivity contribution is 0.0993. The van der Waals surface area contributed by atoms with E-state index in [4.69, 9.17) is 5.73 Å². The van der Waals surface area contributed by atoms with Crippen LogP contribution in [-0.4, -0.2) is 5.78 Å². The number of ketones is 1. The molecule has 0 aliphatic rings. The molecule has 5 heteroatoms. The zero-order chi connectivity index (χ0) is 12.4. The first-order valence-corrected chi connectivity index (χ1v) is 7.34. The molecule has 88 valence electrons. The summed E-state index contributed by atoms with van der Waals surface area (Å²) in [5.74, 6) is 0.0915. The van der Waals surface area contributed by atoms with E-state index in [0.29, 0.717) is 17.7 Å². The Morgan fingerprint density at radius 2 is 2.00 bits per heavy atom. The molecule has 0 aliphatic heterocycles. The van der Waals surface area contributed by atoms with Crippen LogP contribution in [0.3, 0.4) is 0 Å². The first-order chi connectivity index (χ1) is 8.08. The van der Waals surface area contributed by atoms with Crippen molar-refractivity contribution in [2.75, 3.05) is 5.73 Å². The summed E-state index contributed by atoms with van der Waals surface area (Å²) < 4.78 is 1.75. The van der Waals surface area contributed by atoms with E-state index in [2.05, 4.69) is 31.9 Å². The highest BCUT2D eigenvalue weighted by Crippen LogP contribution is 2.26. The van der Waals surface area contributed by atoms with Crippen molar-refractivity contribution in [1.82, 2.24) is 0 Å². The molecule has 0 saturated heterocycles. The lowest BCUT2D eigenvalue weighted by atomic mass is 10.1. The van der Waals surface area contributed by atoms with Crippen LogP contribution in [-0.2, 0) is 6.42 Å². The van der Waals surface area contributed by atoms with E-state index in [0.717, 1.165) is 13.8 Å². The number of rotatable bonds is 3. The average Bonchev–Trinajstić information content (AvgIpc) is 2.68. The molecule has 0 radical (unpaired) electrons. The highest BCUT2D eigenvalue weighted by molar-refractivity contribution is 9.11. The van der Waals surface area contributed by atoms with Crippen molar-refractivity contribution in [3.8, 4) is 0 Å². The number of hydrogen-bond acceptors (Lipinski definition) is 3. The molecule has 0 bridgehead atoms. The second-order valence-corrected chi connectivity index (χ2v) is 6.24. The molecular weight excluding hydrogens is 366 g/mol. The van der Waals surface area contributed by atoms with E-state index in [1.165, 1.54) is 0 Å². The van der Waals surface area contributed by atoms with E-state index in [1.807, 2.05) is 11.4 Å². The van der Waals surface area contributed by atoms with Crippen LogP contribution in [0.2, 0.25) is 0 Å². The predicted molar refractivity (Wildman–Crippen MR) is 78.6 cm³/mol. The SMILES string of the molecule is Nc1ccc(C(=O)Cc2sccc2Br)cc1Br. The minimum atomic E-state index is 0.0915. The van der Waals surface area contributed by atoms with Crippen LogP contribution < -0.4 is 5.73 Å². The molecule has 2 nitrogen and oxygen atoms in total. The number of carbonyl (C=O) groups is 1. The van der Waals surface area contributed by atoms with E-state index in [-0.39, 0.29) is 5.78 Å². The Morgan fingerprint density at radius 3 is 2.59 bits per heavy atom. The second kappa shape index (κ2) is 5.33. The number of thiophene rings is 1. The number of anilines is 1. The highest BCUT2D eigenvalue weighted by atomic mass is 79.9. The topological polar surface area (TPSA) is 43.1 Å². The molecule has 1 aromatic carbocycles. The molecular formula is C12H9Br2NOS.